The van der Waals surface area contributed by atoms with E-state index in [0.29, 0.717) is 11.8 Å². The lowest BCUT2D eigenvalue weighted by molar-refractivity contribution is -0.133. The lowest BCUT2D eigenvalue weighted by Gasteiger charge is -2.32. The van der Waals surface area contributed by atoms with Crippen molar-refractivity contribution in [3.63, 3.8) is 0 Å². The van der Waals surface area contributed by atoms with Gasteiger partial charge in [0, 0.05) is 26.1 Å². The first-order valence-corrected chi connectivity index (χ1v) is 6.72. The Kier molecular flexibility index (Phi) is 4.22. The summed E-state index contributed by atoms with van der Waals surface area (Å²) in [5, 5.41) is 0. The minimum atomic E-state index is 0.403. The summed E-state index contributed by atoms with van der Waals surface area (Å²) < 4.78 is 0. The summed E-state index contributed by atoms with van der Waals surface area (Å²) in [6.07, 6.45) is 6.99. The predicted molar refractivity (Wildman–Crippen MR) is 65.3 cm³/mol. The smallest absolute Gasteiger partial charge is 0.222 e. The van der Waals surface area contributed by atoms with Gasteiger partial charge in [-0.3, -0.25) is 4.79 Å². The van der Waals surface area contributed by atoms with Crippen LogP contribution < -0.4 is 0 Å². The summed E-state index contributed by atoms with van der Waals surface area (Å²) in [4.78, 5) is 16.5. The van der Waals surface area contributed by atoms with Crippen LogP contribution in [0.1, 0.15) is 38.5 Å². The molecule has 0 radical (unpaired) electrons. The molecular weight excluding hydrogens is 200 g/mol. The van der Waals surface area contributed by atoms with E-state index < -0.39 is 0 Å². The molecule has 2 heterocycles. The molecule has 1 unspecified atom stereocenters. The van der Waals surface area contributed by atoms with E-state index in [1.54, 1.807) is 0 Å². The fourth-order valence-corrected chi connectivity index (χ4v) is 2.96. The minimum absolute atomic E-state index is 0.403. The molecule has 0 N–H and O–H groups in total. The first-order valence-electron chi connectivity index (χ1n) is 6.72. The number of rotatable bonds is 2. The van der Waals surface area contributed by atoms with Crippen LogP contribution in [0.15, 0.2) is 0 Å². The zero-order chi connectivity index (χ0) is 11.4. The Hall–Kier alpha value is -0.570. The molecule has 1 atom stereocenters. The van der Waals surface area contributed by atoms with E-state index in [1.165, 1.54) is 38.6 Å². The Bertz CT molecular complexity index is 236. The minimum Gasteiger partial charge on any atom is -0.343 e. The van der Waals surface area contributed by atoms with Crippen molar-refractivity contribution in [2.45, 2.75) is 38.5 Å². The number of carbonyl (C=O) groups is 1. The molecule has 2 aliphatic heterocycles. The van der Waals surface area contributed by atoms with Gasteiger partial charge in [-0.05, 0) is 51.6 Å². The third-order valence-electron chi connectivity index (χ3n) is 3.89. The second-order valence-corrected chi connectivity index (χ2v) is 5.42. The molecule has 0 aliphatic carbocycles. The molecular formula is C13H24N2O. The highest BCUT2D eigenvalue weighted by atomic mass is 16.2. The molecule has 1 amide bonds. The Balaban J connectivity index is 1.77. The van der Waals surface area contributed by atoms with Crippen LogP contribution in [0.25, 0.3) is 0 Å². The summed E-state index contributed by atoms with van der Waals surface area (Å²) in [5.41, 5.74) is 0. The van der Waals surface area contributed by atoms with Crippen molar-refractivity contribution in [3.8, 4) is 0 Å². The average Bonchev–Trinajstić information content (AvgIpc) is 2.30. The van der Waals surface area contributed by atoms with Gasteiger partial charge in [0.05, 0.1) is 0 Å². The molecule has 0 saturated carbocycles. The van der Waals surface area contributed by atoms with Crippen LogP contribution in [-0.2, 0) is 4.79 Å². The van der Waals surface area contributed by atoms with Crippen LogP contribution in [0.3, 0.4) is 0 Å². The maximum Gasteiger partial charge on any atom is 0.222 e. The van der Waals surface area contributed by atoms with Crippen molar-refractivity contribution >= 4 is 5.91 Å². The zero-order valence-electron chi connectivity index (χ0n) is 10.5. The van der Waals surface area contributed by atoms with Crippen LogP contribution in [0, 0.1) is 5.92 Å². The lowest BCUT2D eigenvalue weighted by atomic mass is 9.94. The van der Waals surface area contributed by atoms with Gasteiger partial charge in [0.25, 0.3) is 0 Å². The highest BCUT2D eigenvalue weighted by Gasteiger charge is 2.23. The van der Waals surface area contributed by atoms with Crippen LogP contribution in [-0.4, -0.2) is 48.9 Å². The molecule has 3 nitrogen and oxygen atoms in total. The summed E-state index contributed by atoms with van der Waals surface area (Å²) in [5.74, 6) is 1.01. The van der Waals surface area contributed by atoms with Gasteiger partial charge in [-0.15, -0.1) is 0 Å². The van der Waals surface area contributed by atoms with Crippen molar-refractivity contribution in [3.05, 3.63) is 0 Å². The summed E-state index contributed by atoms with van der Waals surface area (Å²) >= 11 is 0. The van der Waals surface area contributed by atoms with Crippen molar-refractivity contribution in [2.24, 2.45) is 5.92 Å². The number of nitrogens with zero attached hydrogens (tertiary/aromatic N) is 2. The van der Waals surface area contributed by atoms with Gasteiger partial charge in [0.1, 0.15) is 0 Å². The van der Waals surface area contributed by atoms with Crippen molar-refractivity contribution < 1.29 is 4.79 Å². The van der Waals surface area contributed by atoms with E-state index in [2.05, 4.69) is 16.8 Å². The first kappa shape index (κ1) is 11.9. The average molecular weight is 224 g/mol. The zero-order valence-corrected chi connectivity index (χ0v) is 10.5. The van der Waals surface area contributed by atoms with Gasteiger partial charge in [0.15, 0.2) is 0 Å². The van der Waals surface area contributed by atoms with Crippen molar-refractivity contribution in [1.82, 2.24) is 9.80 Å². The highest BCUT2D eigenvalue weighted by molar-refractivity contribution is 5.76. The van der Waals surface area contributed by atoms with E-state index in [4.69, 9.17) is 0 Å². The second-order valence-electron chi connectivity index (χ2n) is 5.42. The molecule has 0 aromatic heterocycles. The third-order valence-corrected chi connectivity index (χ3v) is 3.89. The maximum atomic E-state index is 12.1. The van der Waals surface area contributed by atoms with Crippen LogP contribution in [0.4, 0.5) is 0 Å². The molecule has 2 fully saturated rings. The Labute approximate surface area is 98.8 Å². The first-order chi connectivity index (χ1) is 7.75. The molecule has 0 aromatic rings. The normalized spacial score (nSPS) is 28.1. The lowest BCUT2D eigenvalue weighted by Crippen LogP contribution is -2.39. The standard InChI is InChI=1S/C13H24N2O/c1-14-7-5-6-12(11-14)10-13(16)15-8-3-2-4-9-15/h12H,2-11H2,1H3. The SMILES string of the molecule is CN1CCCC(CC(=O)N2CCCCC2)C1. The highest BCUT2D eigenvalue weighted by Crippen LogP contribution is 2.20. The molecule has 0 spiro atoms. The number of hydrogen-bond donors (Lipinski definition) is 0. The molecule has 2 saturated heterocycles. The molecule has 0 bridgehead atoms. The van der Waals surface area contributed by atoms with E-state index in [1.807, 2.05) is 0 Å². The number of likely N-dealkylation sites (tertiary alicyclic amines) is 2. The maximum absolute atomic E-state index is 12.1. The number of amides is 1. The van der Waals surface area contributed by atoms with Gasteiger partial charge >= 0.3 is 0 Å². The number of hydrogen-bond acceptors (Lipinski definition) is 2. The fourth-order valence-electron chi connectivity index (χ4n) is 2.96. The van der Waals surface area contributed by atoms with Crippen LogP contribution in [0.5, 0.6) is 0 Å². The largest absolute Gasteiger partial charge is 0.343 e. The van der Waals surface area contributed by atoms with E-state index >= 15 is 0 Å². The quantitative estimate of drug-likeness (QED) is 0.713. The Morgan fingerprint density at radius 3 is 2.56 bits per heavy atom. The Morgan fingerprint density at radius 1 is 1.12 bits per heavy atom. The summed E-state index contributed by atoms with van der Waals surface area (Å²) in [6.45, 7) is 4.32. The monoisotopic (exact) mass is 224 g/mol. The van der Waals surface area contributed by atoms with Gasteiger partial charge in [-0.2, -0.15) is 0 Å². The third kappa shape index (κ3) is 3.21. The van der Waals surface area contributed by atoms with E-state index in [9.17, 15) is 4.79 Å². The molecule has 2 rings (SSSR count). The van der Waals surface area contributed by atoms with Gasteiger partial charge < -0.3 is 9.80 Å². The van der Waals surface area contributed by atoms with Crippen LogP contribution in [0.2, 0.25) is 0 Å². The van der Waals surface area contributed by atoms with Crippen molar-refractivity contribution in [1.29, 1.82) is 0 Å². The van der Waals surface area contributed by atoms with Crippen LogP contribution >= 0.6 is 0 Å². The van der Waals surface area contributed by atoms with Gasteiger partial charge in [-0.1, -0.05) is 0 Å². The second kappa shape index (κ2) is 5.67. The molecule has 16 heavy (non-hydrogen) atoms. The van der Waals surface area contributed by atoms with Crippen molar-refractivity contribution in [2.75, 3.05) is 33.2 Å². The van der Waals surface area contributed by atoms with E-state index in [0.717, 1.165) is 26.1 Å². The molecule has 92 valence electrons. The fraction of sp³-hybridized carbons (Fsp3) is 0.923. The predicted octanol–water partition coefficient (Wildman–Crippen LogP) is 1.73. The molecule has 0 aromatic carbocycles. The number of piperidine rings is 2. The Morgan fingerprint density at radius 2 is 1.88 bits per heavy atom. The van der Waals surface area contributed by atoms with Gasteiger partial charge in [0.2, 0.25) is 5.91 Å². The summed E-state index contributed by atoms with van der Waals surface area (Å²) in [6, 6.07) is 0. The summed E-state index contributed by atoms with van der Waals surface area (Å²) in [7, 11) is 2.16. The molecule has 3 heteroatoms. The number of carbonyl (C=O) groups excluding carboxylic acids is 1. The molecule has 2 aliphatic rings. The van der Waals surface area contributed by atoms with Gasteiger partial charge in [-0.25, -0.2) is 0 Å². The van der Waals surface area contributed by atoms with E-state index in [-0.39, 0.29) is 0 Å². The topological polar surface area (TPSA) is 23.6 Å².